The zero-order chi connectivity index (χ0) is 12.5. The fourth-order valence-electron chi connectivity index (χ4n) is 3.15. The highest BCUT2D eigenvalue weighted by Gasteiger charge is 2.35. The van der Waals surface area contributed by atoms with Gasteiger partial charge < -0.3 is 4.74 Å². The smallest absolute Gasteiger partial charge is 0.119 e. The molecule has 1 atom stereocenters. The van der Waals surface area contributed by atoms with Gasteiger partial charge in [0.2, 0.25) is 0 Å². The maximum atomic E-state index is 6.18. The second kappa shape index (κ2) is 4.93. The Morgan fingerprint density at radius 2 is 1.78 bits per heavy atom. The molecule has 3 heterocycles. The lowest BCUT2D eigenvalue weighted by atomic mass is 9.86. The number of piperidine rings is 3. The molecule has 2 heteroatoms. The summed E-state index contributed by atoms with van der Waals surface area (Å²) in [5.41, 5.74) is 1.39. The van der Waals surface area contributed by atoms with Gasteiger partial charge in [-0.3, -0.25) is 4.90 Å². The third kappa shape index (κ3) is 2.39. The minimum absolute atomic E-state index is 0.414. The minimum Gasteiger partial charge on any atom is -0.489 e. The van der Waals surface area contributed by atoms with E-state index in [1.54, 1.807) is 0 Å². The van der Waals surface area contributed by atoms with Gasteiger partial charge >= 0.3 is 0 Å². The van der Waals surface area contributed by atoms with Gasteiger partial charge in [0.05, 0.1) is 0 Å². The van der Waals surface area contributed by atoms with Crippen LogP contribution in [0.2, 0.25) is 0 Å². The topological polar surface area (TPSA) is 12.5 Å². The van der Waals surface area contributed by atoms with Gasteiger partial charge in [0.15, 0.2) is 0 Å². The zero-order valence-electron chi connectivity index (χ0n) is 11.4. The molecule has 3 fully saturated rings. The molecule has 0 radical (unpaired) electrons. The third-order valence-corrected chi connectivity index (χ3v) is 4.43. The Labute approximate surface area is 110 Å². The summed E-state index contributed by atoms with van der Waals surface area (Å²) in [6, 6.07) is 8.66. The molecule has 0 amide bonds. The summed E-state index contributed by atoms with van der Waals surface area (Å²) >= 11 is 0. The van der Waals surface area contributed by atoms with E-state index in [2.05, 4.69) is 43.0 Å². The molecule has 0 N–H and O–H groups in total. The van der Waals surface area contributed by atoms with Crippen LogP contribution in [0.15, 0.2) is 24.3 Å². The van der Waals surface area contributed by atoms with Crippen molar-refractivity contribution in [3.8, 4) is 5.75 Å². The summed E-state index contributed by atoms with van der Waals surface area (Å²) < 4.78 is 6.18. The Kier molecular flexibility index (Phi) is 3.29. The number of ether oxygens (including phenoxy) is 1. The van der Waals surface area contributed by atoms with Crippen LogP contribution in [-0.2, 0) is 0 Å². The molecule has 1 aromatic rings. The minimum atomic E-state index is 0.414. The first-order chi connectivity index (χ1) is 8.72. The van der Waals surface area contributed by atoms with Crippen molar-refractivity contribution in [2.24, 2.45) is 5.92 Å². The van der Waals surface area contributed by atoms with Crippen LogP contribution in [0.4, 0.5) is 0 Å². The van der Waals surface area contributed by atoms with E-state index >= 15 is 0 Å². The van der Waals surface area contributed by atoms with Crippen molar-refractivity contribution >= 4 is 0 Å². The summed E-state index contributed by atoms with van der Waals surface area (Å²) in [6.07, 6.45) is 3.04. The number of fused-ring (bicyclic) bond motifs is 3. The van der Waals surface area contributed by atoms with E-state index in [1.807, 2.05) is 0 Å². The molecule has 0 aliphatic carbocycles. The van der Waals surface area contributed by atoms with E-state index in [4.69, 9.17) is 4.74 Å². The van der Waals surface area contributed by atoms with Gasteiger partial charge in [-0.25, -0.2) is 0 Å². The van der Waals surface area contributed by atoms with E-state index in [0.717, 1.165) is 18.2 Å². The van der Waals surface area contributed by atoms with Crippen molar-refractivity contribution in [2.45, 2.75) is 38.7 Å². The summed E-state index contributed by atoms with van der Waals surface area (Å²) in [5, 5.41) is 0. The van der Waals surface area contributed by atoms with Crippen LogP contribution in [0.5, 0.6) is 5.75 Å². The molecule has 0 spiro atoms. The Morgan fingerprint density at radius 3 is 2.28 bits per heavy atom. The molecule has 2 bridgehead atoms. The lowest BCUT2D eigenvalue weighted by Gasteiger charge is -2.44. The van der Waals surface area contributed by atoms with Crippen molar-refractivity contribution in [2.75, 3.05) is 19.6 Å². The fraction of sp³-hybridized carbons (Fsp3) is 0.625. The standard InChI is InChI=1S/C16H23NO/c1-12(2)13-3-5-15(6-4-13)18-16-11-17-9-7-14(16)8-10-17/h3-6,12,14,16H,7-11H2,1-2H3. The average molecular weight is 245 g/mol. The highest BCUT2D eigenvalue weighted by Crippen LogP contribution is 2.31. The monoisotopic (exact) mass is 245 g/mol. The first kappa shape index (κ1) is 12.0. The lowest BCUT2D eigenvalue weighted by molar-refractivity contribution is -0.00776. The van der Waals surface area contributed by atoms with Gasteiger partial charge in [-0.05, 0) is 55.5 Å². The van der Waals surface area contributed by atoms with Gasteiger partial charge in [-0.1, -0.05) is 26.0 Å². The molecule has 3 aliphatic heterocycles. The molecular formula is C16H23NO. The Bertz CT molecular complexity index is 390. The van der Waals surface area contributed by atoms with Gasteiger partial charge in [0, 0.05) is 6.54 Å². The molecule has 1 unspecified atom stereocenters. The highest BCUT2D eigenvalue weighted by atomic mass is 16.5. The zero-order valence-corrected chi connectivity index (χ0v) is 11.4. The van der Waals surface area contributed by atoms with Gasteiger partial charge in [0.1, 0.15) is 11.9 Å². The second-order valence-corrected chi connectivity index (χ2v) is 6.02. The van der Waals surface area contributed by atoms with E-state index in [9.17, 15) is 0 Å². The fourth-order valence-corrected chi connectivity index (χ4v) is 3.15. The van der Waals surface area contributed by atoms with Crippen molar-refractivity contribution in [1.29, 1.82) is 0 Å². The normalized spacial score (nSPS) is 30.7. The maximum absolute atomic E-state index is 6.18. The van der Waals surface area contributed by atoms with Gasteiger partial charge in [0.25, 0.3) is 0 Å². The molecular weight excluding hydrogens is 222 g/mol. The molecule has 0 aromatic heterocycles. The first-order valence-electron chi connectivity index (χ1n) is 7.21. The van der Waals surface area contributed by atoms with Crippen molar-refractivity contribution in [1.82, 2.24) is 4.90 Å². The van der Waals surface area contributed by atoms with E-state index < -0.39 is 0 Å². The van der Waals surface area contributed by atoms with E-state index in [0.29, 0.717) is 12.0 Å². The molecule has 3 aliphatic rings. The third-order valence-electron chi connectivity index (χ3n) is 4.43. The molecule has 0 saturated carbocycles. The molecule has 2 nitrogen and oxygen atoms in total. The van der Waals surface area contributed by atoms with Crippen LogP contribution >= 0.6 is 0 Å². The van der Waals surface area contributed by atoms with Gasteiger partial charge in [-0.15, -0.1) is 0 Å². The van der Waals surface area contributed by atoms with Crippen LogP contribution in [0.25, 0.3) is 0 Å². The van der Waals surface area contributed by atoms with Crippen molar-refractivity contribution < 1.29 is 4.74 Å². The summed E-state index contributed by atoms with van der Waals surface area (Å²) in [4.78, 5) is 2.53. The number of benzene rings is 1. The lowest BCUT2D eigenvalue weighted by Crippen LogP contribution is -2.52. The SMILES string of the molecule is CC(C)c1ccc(OC2CN3CCC2CC3)cc1. The molecule has 1 aromatic carbocycles. The van der Waals surface area contributed by atoms with Crippen LogP contribution in [0, 0.1) is 5.92 Å². The predicted octanol–water partition coefficient (Wildman–Crippen LogP) is 3.28. The molecule has 4 rings (SSSR count). The van der Waals surface area contributed by atoms with E-state index in [1.165, 1.54) is 31.5 Å². The summed E-state index contributed by atoms with van der Waals surface area (Å²) in [5.74, 6) is 2.41. The summed E-state index contributed by atoms with van der Waals surface area (Å²) in [6.45, 7) is 8.12. The van der Waals surface area contributed by atoms with E-state index in [-0.39, 0.29) is 0 Å². The maximum Gasteiger partial charge on any atom is 0.119 e. The predicted molar refractivity (Wildman–Crippen MR) is 74.1 cm³/mol. The Balaban J connectivity index is 1.65. The number of rotatable bonds is 3. The quantitative estimate of drug-likeness (QED) is 0.810. The Morgan fingerprint density at radius 1 is 1.11 bits per heavy atom. The van der Waals surface area contributed by atoms with Crippen LogP contribution in [0.1, 0.15) is 38.2 Å². The van der Waals surface area contributed by atoms with Crippen molar-refractivity contribution in [3.05, 3.63) is 29.8 Å². The largest absolute Gasteiger partial charge is 0.489 e. The summed E-state index contributed by atoms with van der Waals surface area (Å²) in [7, 11) is 0. The van der Waals surface area contributed by atoms with Crippen LogP contribution in [-0.4, -0.2) is 30.6 Å². The second-order valence-electron chi connectivity index (χ2n) is 6.02. The van der Waals surface area contributed by atoms with Crippen LogP contribution < -0.4 is 4.74 Å². The Hall–Kier alpha value is -1.02. The first-order valence-corrected chi connectivity index (χ1v) is 7.21. The average Bonchev–Trinajstić information content (AvgIpc) is 2.41. The molecule has 18 heavy (non-hydrogen) atoms. The van der Waals surface area contributed by atoms with Crippen molar-refractivity contribution in [3.63, 3.8) is 0 Å². The van der Waals surface area contributed by atoms with Crippen LogP contribution in [0.3, 0.4) is 0 Å². The highest BCUT2D eigenvalue weighted by molar-refractivity contribution is 5.29. The number of hydrogen-bond acceptors (Lipinski definition) is 2. The number of hydrogen-bond donors (Lipinski definition) is 0. The molecule has 98 valence electrons. The molecule has 3 saturated heterocycles. The number of nitrogens with zero attached hydrogens (tertiary/aromatic N) is 1. The van der Waals surface area contributed by atoms with Gasteiger partial charge in [-0.2, -0.15) is 0 Å².